The first-order chi connectivity index (χ1) is 7.61. The molecule has 0 amide bonds. The van der Waals surface area contributed by atoms with E-state index in [1.807, 2.05) is 0 Å². The summed E-state index contributed by atoms with van der Waals surface area (Å²) < 4.78 is 0. The van der Waals surface area contributed by atoms with Crippen LogP contribution < -0.4 is 0 Å². The van der Waals surface area contributed by atoms with Gasteiger partial charge in [-0.25, -0.2) is 0 Å². The predicted octanol–water partition coefficient (Wildman–Crippen LogP) is 2.77. The molecule has 0 saturated heterocycles. The van der Waals surface area contributed by atoms with Crippen molar-refractivity contribution in [3.8, 4) is 0 Å². The van der Waals surface area contributed by atoms with E-state index < -0.39 is 9.85 Å². The fourth-order valence-electron chi connectivity index (χ4n) is 1.60. The Bertz CT molecular complexity index is 547. The van der Waals surface area contributed by atoms with Crippen LogP contribution in [0.5, 0.6) is 0 Å². The summed E-state index contributed by atoms with van der Waals surface area (Å²) in [6, 6.07) is 8.53. The van der Waals surface area contributed by atoms with E-state index in [4.69, 9.17) is 0 Å². The van der Waals surface area contributed by atoms with Crippen LogP contribution in [0.3, 0.4) is 0 Å². The maximum atomic E-state index is 10.7. The number of benzene rings is 2. The van der Waals surface area contributed by atoms with Crippen molar-refractivity contribution in [2.24, 2.45) is 0 Å². The minimum atomic E-state index is -0.550. The lowest BCUT2D eigenvalue weighted by atomic mass is 10.1. The van der Waals surface area contributed by atoms with Gasteiger partial charge in [0.05, 0.1) is 20.6 Å². The molecule has 0 spiro atoms. The van der Waals surface area contributed by atoms with E-state index in [2.05, 4.69) is 0 Å². The lowest BCUT2D eigenvalue weighted by Crippen LogP contribution is -1.92. The first kappa shape index (κ1) is 10.0. The molecule has 0 aliphatic heterocycles. The summed E-state index contributed by atoms with van der Waals surface area (Å²) in [4.78, 5) is 20.4. The molecular weight excluding hydrogens is 212 g/mol. The summed E-state index contributed by atoms with van der Waals surface area (Å²) in [5, 5.41) is 22.0. The molecular formula is C10H7N2O4+. The minimum absolute atomic E-state index is 0. The summed E-state index contributed by atoms with van der Waals surface area (Å²) in [5.74, 6) is 0. The summed E-state index contributed by atoms with van der Waals surface area (Å²) >= 11 is 0. The van der Waals surface area contributed by atoms with Crippen molar-refractivity contribution in [3.05, 3.63) is 56.6 Å². The summed E-state index contributed by atoms with van der Waals surface area (Å²) in [5.41, 5.74) is -0.248. The van der Waals surface area contributed by atoms with Crippen LogP contribution in [0.25, 0.3) is 10.8 Å². The molecule has 0 N–H and O–H groups in total. The molecule has 0 aliphatic carbocycles. The monoisotopic (exact) mass is 219 g/mol. The van der Waals surface area contributed by atoms with Gasteiger partial charge in [-0.2, -0.15) is 0 Å². The van der Waals surface area contributed by atoms with Gasteiger partial charge in [0.15, 0.2) is 0 Å². The largest absolute Gasteiger partial charge is 1.00 e. The zero-order valence-electron chi connectivity index (χ0n) is 8.99. The van der Waals surface area contributed by atoms with Gasteiger partial charge in [-0.3, -0.25) is 20.2 Å². The second-order valence-corrected chi connectivity index (χ2v) is 3.16. The maximum Gasteiger partial charge on any atom is 1.00 e. The van der Waals surface area contributed by atoms with Gasteiger partial charge in [0.1, 0.15) is 0 Å². The van der Waals surface area contributed by atoms with Crippen LogP contribution >= 0.6 is 0 Å². The van der Waals surface area contributed by atoms with E-state index in [-0.39, 0.29) is 23.6 Å². The normalized spacial score (nSPS) is 10.2. The molecule has 80 valence electrons. The second-order valence-electron chi connectivity index (χ2n) is 3.16. The Hall–Kier alpha value is -2.50. The molecule has 0 aromatic heterocycles. The van der Waals surface area contributed by atoms with Gasteiger partial charge in [0.25, 0.3) is 11.4 Å². The molecule has 2 rings (SSSR count). The molecule has 0 radical (unpaired) electrons. The Morgan fingerprint density at radius 2 is 1.19 bits per heavy atom. The Balaban J connectivity index is 0.00000144. The smallest absolute Gasteiger partial charge is 0.258 e. The number of nitro benzene ring substituents is 2. The standard InChI is InChI=1S/C10H6N2O4/c13-11(14)9-5-1-3-7-8(9)4-2-6-10(7)12(15)16/h1-6H/p+1. The van der Waals surface area contributed by atoms with Crippen LogP contribution in [0.15, 0.2) is 36.4 Å². The third-order valence-electron chi connectivity index (χ3n) is 2.27. The van der Waals surface area contributed by atoms with Gasteiger partial charge < -0.3 is 0 Å². The zero-order valence-corrected chi connectivity index (χ0v) is 7.99. The lowest BCUT2D eigenvalue weighted by molar-refractivity contribution is -0.384. The molecule has 6 nitrogen and oxygen atoms in total. The molecule has 2 aromatic rings. The van der Waals surface area contributed by atoms with Crippen molar-refractivity contribution in [2.75, 3.05) is 0 Å². The van der Waals surface area contributed by atoms with E-state index in [1.165, 1.54) is 36.4 Å². The minimum Gasteiger partial charge on any atom is -0.258 e. The highest BCUT2D eigenvalue weighted by Gasteiger charge is 2.17. The maximum absolute atomic E-state index is 10.7. The van der Waals surface area contributed by atoms with E-state index >= 15 is 0 Å². The molecule has 2 aromatic carbocycles. The first-order valence-corrected chi connectivity index (χ1v) is 4.42. The van der Waals surface area contributed by atoms with Gasteiger partial charge in [-0.1, -0.05) is 12.1 Å². The highest BCUT2D eigenvalue weighted by molar-refractivity contribution is 5.96. The van der Waals surface area contributed by atoms with Gasteiger partial charge in [-0.15, -0.1) is 0 Å². The highest BCUT2D eigenvalue weighted by atomic mass is 16.6. The molecule has 0 saturated carbocycles. The number of hydrogen-bond acceptors (Lipinski definition) is 4. The third kappa shape index (κ3) is 1.46. The molecule has 0 heterocycles. The van der Waals surface area contributed by atoms with E-state index in [1.54, 1.807) is 0 Å². The summed E-state index contributed by atoms with van der Waals surface area (Å²) in [6.45, 7) is 0. The number of hydrogen-bond donors (Lipinski definition) is 0. The van der Waals surface area contributed by atoms with Crippen LogP contribution in [-0.2, 0) is 0 Å². The molecule has 0 unspecified atom stereocenters. The van der Waals surface area contributed by atoms with Crippen LogP contribution in [0.4, 0.5) is 11.4 Å². The van der Waals surface area contributed by atoms with Crippen molar-refractivity contribution in [2.45, 2.75) is 0 Å². The van der Waals surface area contributed by atoms with Crippen LogP contribution in [0.1, 0.15) is 1.43 Å². The molecule has 0 fully saturated rings. The van der Waals surface area contributed by atoms with Gasteiger partial charge >= 0.3 is 1.43 Å². The Labute approximate surface area is 90.9 Å². The van der Waals surface area contributed by atoms with E-state index in [0.29, 0.717) is 0 Å². The molecule has 0 aliphatic rings. The highest BCUT2D eigenvalue weighted by Crippen LogP contribution is 2.31. The van der Waals surface area contributed by atoms with Gasteiger partial charge in [0, 0.05) is 12.1 Å². The summed E-state index contributed by atoms with van der Waals surface area (Å²) in [6.07, 6.45) is 0. The van der Waals surface area contributed by atoms with Crippen molar-refractivity contribution < 1.29 is 11.3 Å². The summed E-state index contributed by atoms with van der Waals surface area (Å²) in [7, 11) is 0. The van der Waals surface area contributed by atoms with Gasteiger partial charge in [-0.05, 0) is 12.1 Å². The Morgan fingerprint density at radius 1 is 0.812 bits per heavy atom. The van der Waals surface area contributed by atoms with E-state index in [0.717, 1.165) is 0 Å². The Morgan fingerprint density at radius 3 is 1.50 bits per heavy atom. The van der Waals surface area contributed by atoms with Crippen molar-refractivity contribution in [1.82, 2.24) is 0 Å². The van der Waals surface area contributed by atoms with Crippen LogP contribution in [0, 0.1) is 20.2 Å². The number of non-ortho nitro benzene ring substituents is 2. The van der Waals surface area contributed by atoms with Gasteiger partial charge in [0.2, 0.25) is 0 Å². The third-order valence-corrected chi connectivity index (χ3v) is 2.27. The molecule has 0 bridgehead atoms. The number of rotatable bonds is 2. The fraction of sp³-hybridized carbons (Fsp3) is 0. The second kappa shape index (κ2) is 3.58. The number of nitrogens with zero attached hydrogens (tertiary/aromatic N) is 2. The topological polar surface area (TPSA) is 86.3 Å². The molecule has 16 heavy (non-hydrogen) atoms. The average Bonchev–Trinajstić information content (AvgIpc) is 2.27. The zero-order chi connectivity index (χ0) is 11.7. The van der Waals surface area contributed by atoms with E-state index in [9.17, 15) is 20.2 Å². The molecule has 6 heteroatoms. The molecule has 0 atom stereocenters. The van der Waals surface area contributed by atoms with Crippen LogP contribution in [0.2, 0.25) is 0 Å². The number of nitro groups is 2. The Kier molecular flexibility index (Phi) is 2.24. The quantitative estimate of drug-likeness (QED) is 0.573. The fourth-order valence-corrected chi connectivity index (χ4v) is 1.60. The first-order valence-electron chi connectivity index (χ1n) is 4.42. The lowest BCUT2D eigenvalue weighted by Gasteiger charge is -1.99. The average molecular weight is 219 g/mol. The SMILES string of the molecule is O=[N+]([O-])c1cccc2c([N+](=O)[O-])cccc12.[H+]. The predicted molar refractivity (Wildman–Crippen MR) is 58.4 cm³/mol. The van der Waals surface area contributed by atoms with Crippen molar-refractivity contribution in [1.29, 1.82) is 0 Å². The van der Waals surface area contributed by atoms with Crippen molar-refractivity contribution in [3.63, 3.8) is 0 Å². The van der Waals surface area contributed by atoms with Crippen molar-refractivity contribution >= 4 is 22.1 Å². The van der Waals surface area contributed by atoms with Crippen LogP contribution in [-0.4, -0.2) is 9.85 Å². The number of fused-ring (bicyclic) bond motifs is 1.